The fourth-order valence-electron chi connectivity index (χ4n) is 0.250. The molecule has 78 valence electrons. The fraction of sp³-hybridized carbons (Fsp3) is 0.400. The van der Waals surface area contributed by atoms with E-state index in [1.807, 2.05) is 0 Å². The van der Waals surface area contributed by atoms with Gasteiger partial charge in [-0.1, -0.05) is 11.4 Å². The maximum Gasteiger partial charge on any atom is 0.323 e. The Morgan fingerprint density at radius 1 is 1.69 bits per heavy atom. The number of aromatic nitrogens is 1. The molecule has 0 fully saturated rings. The van der Waals surface area contributed by atoms with E-state index >= 15 is 0 Å². The zero-order chi connectivity index (χ0) is 9.45. The lowest BCUT2D eigenvalue weighted by Crippen LogP contribution is -1.89. The van der Waals surface area contributed by atoms with Crippen LogP contribution in [-0.2, 0) is 9.09 Å². The molecule has 0 amide bonds. The third kappa shape index (κ3) is 10.1. The van der Waals surface area contributed by atoms with Crippen molar-refractivity contribution < 1.29 is 13.5 Å². The summed E-state index contributed by atoms with van der Waals surface area (Å²) in [7, 11) is 1.33. The van der Waals surface area contributed by atoms with E-state index in [9.17, 15) is 4.57 Å². The van der Waals surface area contributed by atoms with Crippen LogP contribution in [0.1, 0.15) is 0 Å². The summed E-state index contributed by atoms with van der Waals surface area (Å²) in [5, 5.41) is 0. The molecule has 2 N–H and O–H groups in total. The van der Waals surface area contributed by atoms with Crippen LogP contribution < -0.4 is 5.50 Å². The molecule has 1 rings (SSSR count). The van der Waals surface area contributed by atoms with E-state index in [1.54, 1.807) is 12.5 Å². The van der Waals surface area contributed by atoms with E-state index in [0.29, 0.717) is 0 Å². The van der Waals surface area contributed by atoms with Gasteiger partial charge in [0.1, 0.15) is 6.26 Å². The molecule has 1 heterocycles. The number of hydrogen-bond donors (Lipinski definition) is 1. The fourth-order valence-corrected chi connectivity index (χ4v) is 0.847. The van der Waals surface area contributed by atoms with E-state index in [0.717, 1.165) is 11.4 Å². The molecule has 0 spiro atoms. The van der Waals surface area contributed by atoms with Crippen LogP contribution in [0.25, 0.3) is 0 Å². The van der Waals surface area contributed by atoms with Gasteiger partial charge in [-0.05, 0) is 6.26 Å². The molecule has 8 heteroatoms. The average molecular weight is 244 g/mol. The summed E-state index contributed by atoms with van der Waals surface area (Å²) < 4.78 is 19.3. The van der Waals surface area contributed by atoms with Crippen molar-refractivity contribution in [2.24, 2.45) is 5.50 Å². The van der Waals surface area contributed by atoms with E-state index < -0.39 is 6.72 Å². The third-order valence-corrected chi connectivity index (χ3v) is 3.85. The van der Waals surface area contributed by atoms with Crippen LogP contribution in [0.2, 0.25) is 0 Å². The van der Waals surface area contributed by atoms with Gasteiger partial charge in [-0.3, -0.25) is 10.1 Å². The molecule has 0 aliphatic carbocycles. The van der Waals surface area contributed by atoms with E-state index in [4.69, 9.17) is 5.50 Å². The highest BCUT2D eigenvalue weighted by atomic mass is 32.7. The Labute approximate surface area is 84.7 Å². The van der Waals surface area contributed by atoms with Crippen molar-refractivity contribution in [2.45, 2.75) is 0 Å². The molecule has 2 atom stereocenters. The van der Waals surface area contributed by atoms with Crippen LogP contribution in [0, 0.1) is 0 Å². The lowest BCUT2D eigenvalue weighted by atomic mass is 11.0. The van der Waals surface area contributed by atoms with Gasteiger partial charge in [-0.15, -0.1) is 0 Å². The molecule has 1 aromatic heterocycles. The predicted octanol–water partition coefficient (Wildman–Crippen LogP) is 1.80. The van der Waals surface area contributed by atoms with Crippen LogP contribution in [0.3, 0.4) is 0 Å². The Balaban J connectivity index is 0. The summed E-state index contributed by atoms with van der Waals surface area (Å²) in [4.78, 5) is 3.56. The van der Waals surface area contributed by atoms with Gasteiger partial charge in [0.15, 0.2) is 6.39 Å². The molecule has 1 aromatic rings. The van der Waals surface area contributed by atoms with Crippen molar-refractivity contribution in [3.8, 4) is 0 Å². The van der Waals surface area contributed by atoms with Crippen molar-refractivity contribution in [1.82, 2.24) is 4.98 Å². The van der Waals surface area contributed by atoms with Gasteiger partial charge >= 0.3 is 6.72 Å². The maximum absolute atomic E-state index is 10.5. The molecular formula is C5H14N2O3P2S. The topological polar surface area (TPSA) is 78.4 Å². The van der Waals surface area contributed by atoms with Gasteiger partial charge in [0.2, 0.25) is 0 Å². The van der Waals surface area contributed by atoms with Gasteiger partial charge in [0, 0.05) is 7.11 Å². The van der Waals surface area contributed by atoms with Crippen molar-refractivity contribution in [2.75, 3.05) is 13.4 Å². The predicted molar refractivity (Wildman–Crippen MR) is 59.9 cm³/mol. The average Bonchev–Trinajstić information content (AvgIpc) is 2.62. The summed E-state index contributed by atoms with van der Waals surface area (Å²) in [6.07, 6.45) is 6.12. The third-order valence-electron chi connectivity index (χ3n) is 0.856. The van der Waals surface area contributed by atoms with Gasteiger partial charge in [0.25, 0.3) is 0 Å². The quantitative estimate of drug-likeness (QED) is 0.799. The van der Waals surface area contributed by atoms with Gasteiger partial charge < -0.3 is 8.94 Å². The Morgan fingerprint density at radius 3 is 2.38 bits per heavy atom. The Kier molecular flexibility index (Phi) is 10.5. The smallest absolute Gasteiger partial charge is 0.323 e. The van der Waals surface area contributed by atoms with Crippen LogP contribution >= 0.6 is 28.0 Å². The second kappa shape index (κ2) is 8.73. The lowest BCUT2D eigenvalue weighted by molar-refractivity contribution is 0.410. The number of hydrogen-bond acceptors (Lipinski definition) is 5. The first-order valence-corrected chi connectivity index (χ1v) is 6.47. The number of nitrogens with zero attached hydrogens (tertiary/aromatic N) is 1. The summed E-state index contributed by atoms with van der Waals surface area (Å²) in [6, 6.07) is 0. The minimum atomic E-state index is -2.74. The molecule has 5 nitrogen and oxygen atoms in total. The summed E-state index contributed by atoms with van der Waals surface area (Å²) >= 11 is 1.04. The molecular weight excluding hydrogens is 230 g/mol. The first-order valence-electron chi connectivity index (χ1n) is 2.94. The van der Waals surface area contributed by atoms with Crippen molar-refractivity contribution in [3.05, 3.63) is 18.9 Å². The molecule has 0 radical (unpaired) electrons. The van der Waals surface area contributed by atoms with Gasteiger partial charge in [0.05, 0.1) is 6.20 Å². The Bertz CT molecular complexity index is 206. The minimum Gasteiger partial charge on any atom is -0.452 e. The second-order valence-electron chi connectivity index (χ2n) is 1.58. The molecule has 2 unspecified atom stereocenters. The SMILES string of the molecule is COP(N)(=O)SC.P.c1cocn1. The van der Waals surface area contributed by atoms with Crippen LogP contribution in [0.15, 0.2) is 23.3 Å². The Hall–Kier alpha value is 0.140. The molecule has 13 heavy (non-hydrogen) atoms. The van der Waals surface area contributed by atoms with E-state index in [2.05, 4.69) is 13.9 Å². The number of nitrogens with two attached hydrogens (primary N) is 1. The molecule has 0 aromatic carbocycles. The maximum atomic E-state index is 10.5. The van der Waals surface area contributed by atoms with E-state index in [-0.39, 0.29) is 9.90 Å². The van der Waals surface area contributed by atoms with Crippen LogP contribution in [0.5, 0.6) is 0 Å². The second-order valence-corrected chi connectivity index (χ2v) is 6.01. The standard InChI is InChI=1S/C3H3NO.C2H8NO2PS.H3P/c1-2-5-3-4-1;1-5-6(3,4)7-2;/h1-3H;1-2H3,(H2,3,4);1H3. The zero-order valence-corrected chi connectivity index (χ0v) is 10.7. The van der Waals surface area contributed by atoms with Crippen molar-refractivity contribution in [3.63, 3.8) is 0 Å². The number of rotatable bonds is 2. The highest BCUT2D eigenvalue weighted by Crippen LogP contribution is 2.48. The van der Waals surface area contributed by atoms with E-state index in [1.165, 1.54) is 19.8 Å². The summed E-state index contributed by atoms with van der Waals surface area (Å²) in [5.41, 5.74) is 5.01. The highest BCUT2D eigenvalue weighted by Gasteiger charge is 2.09. The monoisotopic (exact) mass is 244 g/mol. The minimum absolute atomic E-state index is 0. The van der Waals surface area contributed by atoms with Crippen LogP contribution in [0.4, 0.5) is 0 Å². The van der Waals surface area contributed by atoms with Crippen molar-refractivity contribution >= 4 is 28.0 Å². The molecule has 0 aliphatic rings. The first-order chi connectivity index (χ1) is 5.62. The zero-order valence-electron chi connectivity index (χ0n) is 7.54. The summed E-state index contributed by atoms with van der Waals surface area (Å²) in [5.74, 6) is 0. The summed E-state index contributed by atoms with van der Waals surface area (Å²) in [6.45, 7) is -2.74. The van der Waals surface area contributed by atoms with Gasteiger partial charge in [-0.25, -0.2) is 4.98 Å². The molecule has 0 saturated carbocycles. The highest BCUT2D eigenvalue weighted by molar-refractivity contribution is 8.55. The normalized spacial score (nSPS) is 13.2. The lowest BCUT2D eigenvalue weighted by Gasteiger charge is -2.02. The first kappa shape index (κ1) is 15.6. The van der Waals surface area contributed by atoms with Crippen molar-refractivity contribution in [1.29, 1.82) is 0 Å². The molecule has 0 saturated heterocycles. The molecule has 0 aliphatic heterocycles. The number of oxazole rings is 1. The Morgan fingerprint density at radius 2 is 2.31 bits per heavy atom. The molecule has 0 bridgehead atoms. The largest absolute Gasteiger partial charge is 0.452 e. The van der Waals surface area contributed by atoms with Crippen LogP contribution in [-0.4, -0.2) is 18.3 Å². The van der Waals surface area contributed by atoms with Gasteiger partial charge in [-0.2, -0.15) is 9.90 Å².